The summed E-state index contributed by atoms with van der Waals surface area (Å²) in [5.74, 6) is 0.599. The smallest absolute Gasteiger partial charge is 0.193 e. The van der Waals surface area contributed by atoms with Crippen LogP contribution in [0.4, 0.5) is 0 Å². The van der Waals surface area contributed by atoms with Gasteiger partial charge in [-0.3, -0.25) is 5.41 Å². The minimum atomic E-state index is -0.0783. The molecule has 18 heavy (non-hydrogen) atoms. The maximum absolute atomic E-state index is 7.59. The number of thioether (sulfide) groups is 1. The van der Waals surface area contributed by atoms with Crippen molar-refractivity contribution in [2.24, 2.45) is 16.5 Å². The zero-order valence-corrected chi connectivity index (χ0v) is 10.6. The average Bonchev–Trinajstić information content (AvgIpc) is 2.35. The lowest BCUT2D eigenvalue weighted by molar-refractivity contribution is 1.43. The first-order chi connectivity index (χ1) is 8.66. The average molecular weight is 258 g/mol. The normalized spacial score (nSPS) is 10.2. The summed E-state index contributed by atoms with van der Waals surface area (Å²) >= 11 is 1.31. The summed E-state index contributed by atoms with van der Waals surface area (Å²) in [6.07, 6.45) is 0. The van der Waals surface area contributed by atoms with Crippen LogP contribution in [0, 0.1) is 5.41 Å². The summed E-state index contributed by atoms with van der Waals surface area (Å²) in [5, 5.41) is 10.1. The molecule has 0 saturated heterocycles. The van der Waals surface area contributed by atoms with Gasteiger partial charge in [0.25, 0.3) is 0 Å². The third kappa shape index (κ3) is 3.01. The van der Waals surface area contributed by atoms with Crippen LogP contribution in [0.2, 0.25) is 0 Å². The van der Waals surface area contributed by atoms with Gasteiger partial charge in [-0.25, -0.2) is 0 Å². The molecule has 0 atom stereocenters. The van der Waals surface area contributed by atoms with Gasteiger partial charge in [0.05, 0.1) is 0 Å². The van der Waals surface area contributed by atoms with E-state index in [0.717, 1.165) is 0 Å². The predicted octanol–water partition coefficient (Wildman–Crippen LogP) is 2.28. The molecule has 0 aliphatic rings. The molecule has 5 heteroatoms. The van der Waals surface area contributed by atoms with Crippen molar-refractivity contribution in [1.29, 1.82) is 5.41 Å². The van der Waals surface area contributed by atoms with Crippen LogP contribution in [0.25, 0.3) is 10.8 Å². The van der Waals surface area contributed by atoms with Crippen molar-refractivity contribution >= 4 is 33.7 Å². The van der Waals surface area contributed by atoms with Gasteiger partial charge in [0.2, 0.25) is 0 Å². The third-order valence-electron chi connectivity index (χ3n) is 2.47. The molecule has 0 aliphatic heterocycles. The van der Waals surface area contributed by atoms with Crippen LogP contribution in [-0.4, -0.2) is 11.1 Å². The number of benzene rings is 2. The van der Waals surface area contributed by atoms with Gasteiger partial charge in [-0.15, -0.1) is 0 Å². The van der Waals surface area contributed by atoms with E-state index in [1.807, 2.05) is 18.2 Å². The number of aliphatic imine (C=N–C) groups is 1. The number of hydrogen-bond acceptors (Lipinski definition) is 2. The Morgan fingerprint density at radius 1 is 1.11 bits per heavy atom. The number of nitrogens with two attached hydrogens (primary N) is 2. The Morgan fingerprint density at radius 3 is 2.61 bits per heavy atom. The number of hydrogen-bond donors (Lipinski definition) is 3. The van der Waals surface area contributed by atoms with E-state index in [1.165, 1.54) is 28.1 Å². The molecule has 0 unspecified atom stereocenters. The molecule has 2 rings (SSSR count). The largest absolute Gasteiger partial charge is 0.370 e. The van der Waals surface area contributed by atoms with Crippen molar-refractivity contribution in [2.45, 2.75) is 5.75 Å². The van der Waals surface area contributed by atoms with Gasteiger partial charge >= 0.3 is 0 Å². The second kappa shape index (κ2) is 5.55. The van der Waals surface area contributed by atoms with Crippen molar-refractivity contribution in [2.75, 3.05) is 0 Å². The molecule has 0 aromatic heterocycles. The Morgan fingerprint density at radius 2 is 1.83 bits per heavy atom. The van der Waals surface area contributed by atoms with E-state index in [0.29, 0.717) is 5.75 Å². The van der Waals surface area contributed by atoms with E-state index < -0.39 is 0 Å². The zero-order valence-electron chi connectivity index (χ0n) is 9.76. The Hall–Kier alpha value is -2.01. The molecule has 2 aromatic rings. The summed E-state index contributed by atoms with van der Waals surface area (Å²) in [7, 11) is 0. The highest BCUT2D eigenvalue weighted by Gasteiger charge is 2.02. The molecule has 0 aliphatic carbocycles. The zero-order chi connectivity index (χ0) is 13.0. The minimum Gasteiger partial charge on any atom is -0.370 e. The Bertz CT molecular complexity index is 597. The molecule has 0 heterocycles. The first-order valence-electron chi connectivity index (χ1n) is 5.44. The quantitative estimate of drug-likeness (QED) is 0.570. The topological polar surface area (TPSA) is 88.2 Å². The molecule has 0 radical (unpaired) electrons. The summed E-state index contributed by atoms with van der Waals surface area (Å²) in [6, 6.07) is 14.3. The van der Waals surface area contributed by atoms with Crippen molar-refractivity contribution < 1.29 is 0 Å². The standard InChI is InChI=1S/C13H14N4S/c14-12(15)17-13(16)18-8-10-6-3-5-9-4-1-2-7-11(9)10/h1-7H,8H2,(H5,14,15,16,17). The van der Waals surface area contributed by atoms with Gasteiger partial charge in [0.1, 0.15) is 0 Å². The fourth-order valence-corrected chi connectivity index (χ4v) is 2.43. The summed E-state index contributed by atoms with van der Waals surface area (Å²) < 4.78 is 0. The van der Waals surface area contributed by atoms with Crippen molar-refractivity contribution in [3.8, 4) is 0 Å². The van der Waals surface area contributed by atoms with Gasteiger partial charge in [-0.2, -0.15) is 4.99 Å². The van der Waals surface area contributed by atoms with E-state index >= 15 is 0 Å². The van der Waals surface area contributed by atoms with Gasteiger partial charge < -0.3 is 11.5 Å². The molecule has 2 aromatic carbocycles. The Balaban J connectivity index is 2.17. The van der Waals surface area contributed by atoms with Gasteiger partial charge in [-0.1, -0.05) is 54.2 Å². The van der Waals surface area contributed by atoms with Crippen LogP contribution in [-0.2, 0) is 5.75 Å². The molecule has 0 spiro atoms. The number of fused-ring (bicyclic) bond motifs is 1. The van der Waals surface area contributed by atoms with Gasteiger partial charge in [-0.05, 0) is 16.3 Å². The molecule has 0 fully saturated rings. The first kappa shape index (κ1) is 12.4. The molecule has 92 valence electrons. The van der Waals surface area contributed by atoms with E-state index in [4.69, 9.17) is 16.9 Å². The second-order valence-electron chi connectivity index (χ2n) is 3.77. The summed E-state index contributed by atoms with van der Waals surface area (Å²) in [4.78, 5) is 3.69. The maximum Gasteiger partial charge on any atom is 0.193 e. The van der Waals surface area contributed by atoms with Crippen LogP contribution in [0.5, 0.6) is 0 Å². The fraction of sp³-hybridized carbons (Fsp3) is 0.0769. The lowest BCUT2D eigenvalue weighted by Gasteiger charge is -2.05. The number of guanidine groups is 1. The van der Waals surface area contributed by atoms with E-state index in [-0.39, 0.29) is 11.1 Å². The van der Waals surface area contributed by atoms with Crippen LogP contribution in [0.3, 0.4) is 0 Å². The highest BCUT2D eigenvalue weighted by molar-refractivity contribution is 8.13. The van der Waals surface area contributed by atoms with E-state index in [2.05, 4.69) is 29.3 Å². The lowest BCUT2D eigenvalue weighted by atomic mass is 10.1. The van der Waals surface area contributed by atoms with Crippen LogP contribution < -0.4 is 11.5 Å². The fourth-order valence-electron chi connectivity index (χ4n) is 1.71. The highest BCUT2D eigenvalue weighted by atomic mass is 32.2. The minimum absolute atomic E-state index is 0.0783. The van der Waals surface area contributed by atoms with E-state index in [1.54, 1.807) is 0 Å². The summed E-state index contributed by atoms with van der Waals surface area (Å²) in [5.41, 5.74) is 11.6. The summed E-state index contributed by atoms with van der Waals surface area (Å²) in [6.45, 7) is 0. The molecular formula is C13H14N4S. The van der Waals surface area contributed by atoms with Gasteiger partial charge in [0.15, 0.2) is 11.1 Å². The SMILES string of the molecule is N=C(N=C(N)N)SCc1cccc2ccccc12. The van der Waals surface area contributed by atoms with Crippen molar-refractivity contribution in [3.05, 3.63) is 48.0 Å². The molecule has 5 N–H and O–H groups in total. The predicted molar refractivity (Wildman–Crippen MR) is 78.8 cm³/mol. The molecule has 0 saturated carbocycles. The lowest BCUT2D eigenvalue weighted by Crippen LogP contribution is -2.23. The highest BCUT2D eigenvalue weighted by Crippen LogP contribution is 2.23. The third-order valence-corrected chi connectivity index (χ3v) is 3.30. The number of rotatable bonds is 2. The Labute approximate surface area is 110 Å². The van der Waals surface area contributed by atoms with Crippen LogP contribution in [0.15, 0.2) is 47.5 Å². The number of nitrogens with one attached hydrogen (secondary N) is 1. The van der Waals surface area contributed by atoms with Gasteiger partial charge in [0, 0.05) is 5.75 Å². The van der Waals surface area contributed by atoms with Crippen LogP contribution in [0.1, 0.15) is 5.56 Å². The molecule has 0 bridgehead atoms. The maximum atomic E-state index is 7.59. The second-order valence-corrected chi connectivity index (χ2v) is 4.73. The number of amidine groups is 1. The van der Waals surface area contributed by atoms with Crippen molar-refractivity contribution in [3.63, 3.8) is 0 Å². The number of nitrogens with zero attached hydrogens (tertiary/aromatic N) is 1. The van der Waals surface area contributed by atoms with Crippen LogP contribution >= 0.6 is 11.8 Å². The van der Waals surface area contributed by atoms with E-state index in [9.17, 15) is 0 Å². The Kier molecular flexibility index (Phi) is 3.84. The molecular weight excluding hydrogens is 244 g/mol. The molecule has 4 nitrogen and oxygen atoms in total. The first-order valence-corrected chi connectivity index (χ1v) is 6.43. The van der Waals surface area contributed by atoms with Crippen molar-refractivity contribution in [1.82, 2.24) is 0 Å². The molecule has 0 amide bonds. The monoisotopic (exact) mass is 258 g/mol.